The maximum Gasteiger partial charge on any atom is 0.223 e. The lowest BCUT2D eigenvalue weighted by Crippen LogP contribution is -2.39. The first-order chi connectivity index (χ1) is 9.79. The van der Waals surface area contributed by atoms with Gasteiger partial charge in [-0.05, 0) is 23.5 Å². The molecular formula is C17H28N2O2. The van der Waals surface area contributed by atoms with E-state index < -0.39 is 0 Å². The van der Waals surface area contributed by atoms with Crippen LogP contribution in [0.4, 0.5) is 0 Å². The van der Waals surface area contributed by atoms with Gasteiger partial charge in [0.05, 0.1) is 18.6 Å². The van der Waals surface area contributed by atoms with Gasteiger partial charge in [-0.2, -0.15) is 0 Å². The summed E-state index contributed by atoms with van der Waals surface area (Å²) in [5.41, 5.74) is 7.84. The third-order valence-corrected chi connectivity index (χ3v) is 3.68. The van der Waals surface area contributed by atoms with Crippen molar-refractivity contribution in [3.05, 3.63) is 35.4 Å². The van der Waals surface area contributed by atoms with Gasteiger partial charge in [0.15, 0.2) is 0 Å². The second kappa shape index (κ2) is 7.57. The lowest BCUT2D eigenvalue weighted by molar-refractivity contribution is -0.125. The maximum absolute atomic E-state index is 12.3. The molecule has 0 spiro atoms. The number of hydrogen-bond acceptors (Lipinski definition) is 3. The molecule has 0 fully saturated rings. The average Bonchev–Trinajstić information content (AvgIpc) is 2.42. The fourth-order valence-corrected chi connectivity index (χ4v) is 2.36. The van der Waals surface area contributed by atoms with Crippen LogP contribution in [0.5, 0.6) is 0 Å². The summed E-state index contributed by atoms with van der Waals surface area (Å²) in [7, 11) is 1.58. The average molecular weight is 292 g/mol. The van der Waals surface area contributed by atoms with Crippen LogP contribution in [0.3, 0.4) is 0 Å². The summed E-state index contributed by atoms with van der Waals surface area (Å²) < 4.78 is 5.18. The van der Waals surface area contributed by atoms with Crippen LogP contribution in [0.2, 0.25) is 0 Å². The van der Waals surface area contributed by atoms with Gasteiger partial charge in [-0.25, -0.2) is 0 Å². The van der Waals surface area contributed by atoms with Crippen molar-refractivity contribution in [1.82, 2.24) is 5.32 Å². The summed E-state index contributed by atoms with van der Waals surface area (Å²) in [5, 5.41) is 3.14. The Balaban J connectivity index is 2.91. The summed E-state index contributed by atoms with van der Waals surface area (Å²) >= 11 is 0. The predicted octanol–water partition coefficient (Wildman–Crippen LogP) is 2.56. The highest BCUT2D eigenvalue weighted by Gasteiger charge is 2.29. The molecule has 4 heteroatoms. The molecule has 0 bridgehead atoms. The van der Waals surface area contributed by atoms with Gasteiger partial charge in [0, 0.05) is 13.7 Å². The Hall–Kier alpha value is -1.39. The summed E-state index contributed by atoms with van der Waals surface area (Å²) in [6, 6.07) is 8.11. The highest BCUT2D eigenvalue weighted by Crippen LogP contribution is 2.34. The fourth-order valence-electron chi connectivity index (χ4n) is 2.36. The van der Waals surface area contributed by atoms with Crippen molar-refractivity contribution >= 4 is 5.91 Å². The van der Waals surface area contributed by atoms with Gasteiger partial charge in [0.25, 0.3) is 0 Å². The molecule has 2 unspecified atom stereocenters. The summed E-state index contributed by atoms with van der Waals surface area (Å²) in [6.45, 7) is 8.79. The second-order valence-corrected chi connectivity index (χ2v) is 6.52. The number of ether oxygens (including phenoxy) is 1. The van der Waals surface area contributed by atoms with E-state index in [9.17, 15) is 4.79 Å². The second-order valence-electron chi connectivity index (χ2n) is 6.52. The molecule has 0 heterocycles. The molecule has 1 aromatic rings. The van der Waals surface area contributed by atoms with Crippen molar-refractivity contribution in [3.8, 4) is 0 Å². The minimum Gasteiger partial charge on any atom is -0.380 e. The highest BCUT2D eigenvalue weighted by molar-refractivity contribution is 5.77. The van der Waals surface area contributed by atoms with Crippen LogP contribution in [0.25, 0.3) is 0 Å². The van der Waals surface area contributed by atoms with Crippen LogP contribution in [-0.4, -0.2) is 25.7 Å². The molecule has 0 aliphatic heterocycles. The number of carbonyl (C=O) groups excluding carboxylic acids is 1. The Morgan fingerprint density at radius 2 is 1.95 bits per heavy atom. The first-order valence-electron chi connectivity index (χ1n) is 7.37. The molecule has 0 aliphatic rings. The van der Waals surface area contributed by atoms with E-state index in [1.54, 1.807) is 7.11 Å². The summed E-state index contributed by atoms with van der Waals surface area (Å²) in [4.78, 5) is 12.3. The van der Waals surface area contributed by atoms with E-state index in [1.165, 1.54) is 5.56 Å². The zero-order valence-corrected chi connectivity index (χ0v) is 13.8. The number of carbonyl (C=O) groups is 1. The summed E-state index contributed by atoms with van der Waals surface area (Å²) in [6.07, 6.45) is 0.0494. The number of nitrogens with two attached hydrogens (primary N) is 1. The highest BCUT2D eigenvalue weighted by atomic mass is 16.5. The molecule has 0 radical (unpaired) electrons. The van der Waals surface area contributed by atoms with Crippen LogP contribution >= 0.6 is 0 Å². The third kappa shape index (κ3) is 5.14. The molecule has 0 aromatic heterocycles. The number of rotatable bonds is 6. The minimum atomic E-state index is -0.234. The first kappa shape index (κ1) is 17.7. The van der Waals surface area contributed by atoms with Crippen molar-refractivity contribution in [2.45, 2.75) is 46.3 Å². The van der Waals surface area contributed by atoms with Crippen LogP contribution in [-0.2, 0) is 9.53 Å². The van der Waals surface area contributed by atoms with Gasteiger partial charge in [-0.1, -0.05) is 45.0 Å². The number of aryl methyl sites for hydroxylation is 1. The van der Waals surface area contributed by atoms with E-state index in [0.29, 0.717) is 6.54 Å². The van der Waals surface area contributed by atoms with Crippen molar-refractivity contribution in [1.29, 1.82) is 0 Å². The fraction of sp³-hybridized carbons (Fsp3) is 0.588. The third-order valence-electron chi connectivity index (χ3n) is 3.68. The SMILES string of the molecule is COC(CN)CC(=O)NC(c1ccccc1C)C(C)(C)C. The lowest BCUT2D eigenvalue weighted by Gasteiger charge is -2.33. The standard InChI is InChI=1S/C17H28N2O2/c1-12-8-6-7-9-14(12)16(17(2,3)4)19-15(20)10-13(11-18)21-5/h6-9,13,16H,10-11,18H2,1-5H3,(H,19,20). The van der Waals surface area contributed by atoms with Gasteiger partial charge >= 0.3 is 0 Å². The lowest BCUT2D eigenvalue weighted by atomic mass is 9.80. The van der Waals surface area contributed by atoms with Crippen molar-refractivity contribution in [2.75, 3.05) is 13.7 Å². The van der Waals surface area contributed by atoms with Crippen molar-refractivity contribution in [2.24, 2.45) is 11.1 Å². The molecule has 1 aromatic carbocycles. The van der Waals surface area contributed by atoms with Crippen LogP contribution in [0.15, 0.2) is 24.3 Å². The zero-order valence-electron chi connectivity index (χ0n) is 13.8. The monoisotopic (exact) mass is 292 g/mol. The van der Waals surface area contributed by atoms with Crippen LogP contribution in [0, 0.1) is 12.3 Å². The number of methoxy groups -OCH3 is 1. The van der Waals surface area contributed by atoms with E-state index in [4.69, 9.17) is 10.5 Å². The molecule has 4 nitrogen and oxygen atoms in total. The van der Waals surface area contributed by atoms with Gasteiger partial charge < -0.3 is 15.8 Å². The van der Waals surface area contributed by atoms with Gasteiger partial charge in [0.1, 0.15) is 0 Å². The van der Waals surface area contributed by atoms with Crippen molar-refractivity contribution < 1.29 is 9.53 Å². The molecule has 21 heavy (non-hydrogen) atoms. The smallest absolute Gasteiger partial charge is 0.223 e. The zero-order chi connectivity index (χ0) is 16.0. The minimum absolute atomic E-state index is 0.0320. The largest absolute Gasteiger partial charge is 0.380 e. The number of amides is 1. The van der Waals surface area contributed by atoms with Gasteiger partial charge in [0.2, 0.25) is 5.91 Å². The molecule has 0 aliphatic carbocycles. The Bertz CT molecular complexity index is 462. The van der Waals surface area contributed by atoms with E-state index in [0.717, 1.165) is 5.56 Å². The van der Waals surface area contributed by atoms with E-state index in [1.807, 2.05) is 12.1 Å². The molecule has 3 N–H and O–H groups in total. The molecule has 1 rings (SSSR count). The van der Waals surface area contributed by atoms with Gasteiger partial charge in [-0.15, -0.1) is 0 Å². The number of hydrogen-bond donors (Lipinski definition) is 2. The van der Waals surface area contributed by atoms with Crippen LogP contribution in [0.1, 0.15) is 44.4 Å². The predicted molar refractivity (Wildman–Crippen MR) is 86.0 cm³/mol. The van der Waals surface area contributed by atoms with E-state index in [-0.39, 0.29) is 29.9 Å². The first-order valence-corrected chi connectivity index (χ1v) is 7.37. The van der Waals surface area contributed by atoms with Gasteiger partial charge in [-0.3, -0.25) is 4.79 Å². The normalized spacial score (nSPS) is 14.6. The topological polar surface area (TPSA) is 64.3 Å². The Kier molecular flexibility index (Phi) is 6.37. The molecule has 1 amide bonds. The molecular weight excluding hydrogens is 264 g/mol. The van der Waals surface area contributed by atoms with E-state index in [2.05, 4.69) is 45.1 Å². The van der Waals surface area contributed by atoms with E-state index >= 15 is 0 Å². The Morgan fingerprint density at radius 1 is 1.33 bits per heavy atom. The number of nitrogens with one attached hydrogen (secondary N) is 1. The maximum atomic E-state index is 12.3. The molecule has 0 saturated heterocycles. The van der Waals surface area contributed by atoms with Crippen molar-refractivity contribution in [3.63, 3.8) is 0 Å². The quantitative estimate of drug-likeness (QED) is 0.847. The molecule has 118 valence electrons. The Labute approximate surface area is 128 Å². The number of benzene rings is 1. The molecule has 0 saturated carbocycles. The Morgan fingerprint density at radius 3 is 2.43 bits per heavy atom. The summed E-state index contributed by atoms with van der Waals surface area (Å²) in [5.74, 6) is -0.0320. The van der Waals surface area contributed by atoms with Crippen LogP contribution < -0.4 is 11.1 Å². The molecule has 2 atom stereocenters.